The van der Waals surface area contributed by atoms with Gasteiger partial charge in [-0.25, -0.2) is 0 Å². The van der Waals surface area contributed by atoms with Crippen LogP contribution in [0.2, 0.25) is 0 Å². The maximum Gasteiger partial charge on any atom is 0.240 e. The first kappa shape index (κ1) is 15.0. The fourth-order valence-electron chi connectivity index (χ4n) is 1.28. The maximum absolute atomic E-state index is 10.7. The van der Waals surface area contributed by atoms with Crippen molar-refractivity contribution in [3.8, 4) is 0 Å². The van der Waals surface area contributed by atoms with Crippen LogP contribution in [0.5, 0.6) is 0 Å². The van der Waals surface area contributed by atoms with Crippen molar-refractivity contribution in [2.45, 2.75) is 52.6 Å². The van der Waals surface area contributed by atoms with Crippen molar-refractivity contribution in [1.82, 2.24) is 0 Å². The van der Waals surface area contributed by atoms with Crippen molar-refractivity contribution in [1.29, 1.82) is 0 Å². The fraction of sp³-hybridized carbons (Fsp3) is 0.750. The van der Waals surface area contributed by atoms with Crippen LogP contribution in [0.4, 0.5) is 0 Å². The molecule has 16 heavy (non-hydrogen) atoms. The topological polar surface area (TPSA) is 66.8 Å². The van der Waals surface area contributed by atoms with Crippen LogP contribution >= 0.6 is 0 Å². The predicted octanol–water partition coefficient (Wildman–Crippen LogP) is 2.32. The van der Waals surface area contributed by atoms with Crippen molar-refractivity contribution in [2.75, 3.05) is 6.61 Å². The average Bonchev–Trinajstić information content (AvgIpc) is 2.48. The Labute approximate surface area is 96.9 Å². The van der Waals surface area contributed by atoms with E-state index in [0.717, 1.165) is 6.42 Å². The highest BCUT2D eigenvalue weighted by molar-refractivity contribution is 5.98. The molecule has 0 saturated heterocycles. The number of ketones is 1. The van der Waals surface area contributed by atoms with Crippen molar-refractivity contribution in [2.24, 2.45) is 0 Å². The smallest absolute Gasteiger partial charge is 0.240 e. The zero-order valence-corrected chi connectivity index (χ0v) is 10.3. The molecule has 1 aliphatic rings. The third kappa shape index (κ3) is 5.16. The van der Waals surface area contributed by atoms with Crippen LogP contribution in [0, 0.1) is 0 Å². The molecular weight excluding hydrogens is 208 g/mol. The Balaban J connectivity index is 0.000000293. The zero-order valence-electron chi connectivity index (χ0n) is 10.3. The quantitative estimate of drug-likeness (QED) is 0.727. The molecule has 0 spiro atoms. The van der Waals surface area contributed by atoms with Gasteiger partial charge >= 0.3 is 0 Å². The summed E-state index contributed by atoms with van der Waals surface area (Å²) in [4.78, 5) is 10.7. The van der Waals surface area contributed by atoms with Gasteiger partial charge in [-0.2, -0.15) is 0 Å². The molecule has 1 heterocycles. The van der Waals surface area contributed by atoms with E-state index in [4.69, 9.17) is 14.9 Å². The van der Waals surface area contributed by atoms with Gasteiger partial charge in [0, 0.05) is 6.61 Å². The standard InChI is InChI=1S/C6H8O3.C6H14O/c1-3-5(7)6(8)4(2)9-3;1-2-3-4-5-6-7/h3,8H,1-2H3;7H,2-6H2,1H3. The van der Waals surface area contributed by atoms with E-state index in [1.54, 1.807) is 13.8 Å². The number of ether oxygens (including phenoxy) is 1. The summed E-state index contributed by atoms with van der Waals surface area (Å²) in [5.74, 6) is -0.234. The van der Waals surface area contributed by atoms with Crippen molar-refractivity contribution in [3.63, 3.8) is 0 Å². The van der Waals surface area contributed by atoms with Crippen LogP contribution in [-0.2, 0) is 9.53 Å². The normalized spacial score (nSPS) is 19.2. The molecule has 0 aromatic carbocycles. The lowest BCUT2D eigenvalue weighted by Gasteiger charge is -1.99. The zero-order chi connectivity index (χ0) is 12.6. The van der Waals surface area contributed by atoms with Gasteiger partial charge in [-0.3, -0.25) is 4.79 Å². The minimum Gasteiger partial charge on any atom is -0.502 e. The molecule has 4 nitrogen and oxygen atoms in total. The predicted molar refractivity (Wildman–Crippen MR) is 62.1 cm³/mol. The summed E-state index contributed by atoms with van der Waals surface area (Å²) in [7, 11) is 0. The van der Waals surface area contributed by atoms with Crippen LogP contribution in [0.1, 0.15) is 46.5 Å². The molecule has 1 atom stereocenters. The summed E-state index contributed by atoms with van der Waals surface area (Å²) in [6.07, 6.45) is 4.19. The summed E-state index contributed by atoms with van der Waals surface area (Å²) in [5.41, 5.74) is 0. The first-order valence-corrected chi connectivity index (χ1v) is 5.76. The fourth-order valence-corrected chi connectivity index (χ4v) is 1.28. The van der Waals surface area contributed by atoms with Crippen LogP contribution in [0.25, 0.3) is 0 Å². The number of carbonyl (C=O) groups excluding carboxylic acids is 1. The molecule has 0 fully saturated rings. The van der Waals surface area contributed by atoms with Gasteiger partial charge in [0.05, 0.1) is 0 Å². The van der Waals surface area contributed by atoms with E-state index in [-0.39, 0.29) is 11.5 Å². The largest absolute Gasteiger partial charge is 0.502 e. The number of hydrogen-bond donors (Lipinski definition) is 2. The molecule has 0 amide bonds. The third-order valence-corrected chi connectivity index (χ3v) is 2.30. The van der Waals surface area contributed by atoms with Crippen LogP contribution < -0.4 is 0 Å². The molecule has 0 radical (unpaired) electrons. The molecule has 1 rings (SSSR count). The molecule has 0 aliphatic carbocycles. The van der Waals surface area contributed by atoms with E-state index in [1.165, 1.54) is 19.3 Å². The molecule has 1 aliphatic heterocycles. The lowest BCUT2D eigenvalue weighted by molar-refractivity contribution is -0.122. The van der Waals surface area contributed by atoms with Crippen LogP contribution in [0.15, 0.2) is 11.5 Å². The minimum absolute atomic E-state index is 0.234. The summed E-state index contributed by atoms with van der Waals surface area (Å²) >= 11 is 0. The second-order valence-electron chi connectivity index (χ2n) is 3.81. The van der Waals surface area contributed by atoms with Gasteiger partial charge in [0.15, 0.2) is 6.10 Å². The SMILES string of the molecule is CC1=C(O)C(=O)C(C)O1.CCCCCCO. The van der Waals surface area contributed by atoms with Gasteiger partial charge < -0.3 is 14.9 Å². The highest BCUT2D eigenvalue weighted by Gasteiger charge is 2.28. The number of unbranched alkanes of at least 4 members (excludes halogenated alkanes) is 3. The van der Waals surface area contributed by atoms with E-state index >= 15 is 0 Å². The Kier molecular flexibility index (Phi) is 7.64. The highest BCUT2D eigenvalue weighted by Crippen LogP contribution is 2.17. The number of carbonyl (C=O) groups is 1. The summed E-state index contributed by atoms with van der Waals surface area (Å²) in [6.45, 7) is 5.70. The monoisotopic (exact) mass is 230 g/mol. The number of allylic oxidation sites excluding steroid dienone is 1. The first-order valence-electron chi connectivity index (χ1n) is 5.76. The number of aliphatic hydroxyl groups is 2. The van der Waals surface area contributed by atoms with Gasteiger partial charge in [-0.15, -0.1) is 0 Å². The maximum atomic E-state index is 10.7. The molecule has 1 unspecified atom stereocenters. The van der Waals surface area contributed by atoms with Crippen LogP contribution in [0.3, 0.4) is 0 Å². The second-order valence-corrected chi connectivity index (χ2v) is 3.81. The van der Waals surface area contributed by atoms with E-state index < -0.39 is 6.10 Å². The molecule has 2 N–H and O–H groups in total. The first-order chi connectivity index (χ1) is 7.54. The Morgan fingerprint density at radius 2 is 1.94 bits per heavy atom. The molecule has 0 bridgehead atoms. The van der Waals surface area contributed by atoms with Gasteiger partial charge in [-0.05, 0) is 20.3 Å². The van der Waals surface area contributed by atoms with E-state index in [1.807, 2.05) is 0 Å². The van der Waals surface area contributed by atoms with Crippen LogP contribution in [-0.4, -0.2) is 28.7 Å². The second kappa shape index (κ2) is 8.16. The van der Waals surface area contributed by atoms with E-state index in [0.29, 0.717) is 12.4 Å². The van der Waals surface area contributed by atoms with Crippen molar-refractivity contribution in [3.05, 3.63) is 11.5 Å². The van der Waals surface area contributed by atoms with E-state index in [9.17, 15) is 4.79 Å². The van der Waals surface area contributed by atoms with E-state index in [2.05, 4.69) is 6.92 Å². The Hall–Kier alpha value is -1.03. The average molecular weight is 230 g/mol. The molecule has 0 saturated carbocycles. The van der Waals surface area contributed by atoms with Gasteiger partial charge in [0.1, 0.15) is 5.76 Å². The lowest BCUT2D eigenvalue weighted by Crippen LogP contribution is -2.12. The Morgan fingerprint density at radius 3 is 2.19 bits per heavy atom. The summed E-state index contributed by atoms with van der Waals surface area (Å²) in [6, 6.07) is 0. The highest BCUT2D eigenvalue weighted by atomic mass is 16.5. The molecular formula is C12H22O4. The lowest BCUT2D eigenvalue weighted by atomic mass is 10.2. The molecule has 4 heteroatoms. The number of aliphatic hydroxyl groups excluding tert-OH is 2. The van der Waals surface area contributed by atoms with Crippen molar-refractivity contribution >= 4 is 5.78 Å². The summed E-state index contributed by atoms with van der Waals surface area (Å²) in [5, 5.41) is 17.1. The van der Waals surface area contributed by atoms with Gasteiger partial charge in [0.2, 0.25) is 11.5 Å². The van der Waals surface area contributed by atoms with Gasteiger partial charge in [0.25, 0.3) is 0 Å². The summed E-state index contributed by atoms with van der Waals surface area (Å²) < 4.78 is 4.87. The minimum atomic E-state index is -0.495. The Morgan fingerprint density at radius 1 is 1.31 bits per heavy atom. The van der Waals surface area contributed by atoms with Crippen molar-refractivity contribution < 1.29 is 19.7 Å². The molecule has 0 aromatic rings. The number of rotatable bonds is 4. The molecule has 0 aromatic heterocycles. The molecule has 94 valence electrons. The van der Waals surface area contributed by atoms with Gasteiger partial charge in [-0.1, -0.05) is 26.2 Å². The number of hydrogen-bond acceptors (Lipinski definition) is 4. The third-order valence-electron chi connectivity index (χ3n) is 2.30. The number of Topliss-reactive ketones (excluding diaryl/α,β-unsaturated/α-hetero) is 1. The Bertz CT molecular complexity index is 241.